The van der Waals surface area contributed by atoms with E-state index in [0.717, 1.165) is 18.2 Å². The summed E-state index contributed by atoms with van der Waals surface area (Å²) in [5, 5.41) is 8.80. The first-order valence-electron chi connectivity index (χ1n) is 4.89. The standard InChI is InChI=1S/C12H10F2O3/c1-2-11(15)9(12(16)17)5-7-3-4-8(13)6-10(7)14/h3-6H,2H2,1H3,(H,16,17). The third kappa shape index (κ3) is 3.21. The molecule has 1 rings (SSSR count). The molecule has 0 amide bonds. The van der Waals surface area contributed by atoms with Gasteiger partial charge in [-0.1, -0.05) is 6.92 Å². The van der Waals surface area contributed by atoms with Crippen LogP contribution in [0.1, 0.15) is 18.9 Å². The molecule has 0 saturated heterocycles. The van der Waals surface area contributed by atoms with Crippen LogP contribution in [0.5, 0.6) is 0 Å². The molecule has 0 aliphatic heterocycles. The quantitative estimate of drug-likeness (QED) is 0.499. The van der Waals surface area contributed by atoms with Crippen molar-refractivity contribution in [1.29, 1.82) is 0 Å². The van der Waals surface area contributed by atoms with Crippen LogP contribution < -0.4 is 0 Å². The fourth-order valence-electron chi connectivity index (χ4n) is 1.23. The maximum absolute atomic E-state index is 13.3. The van der Waals surface area contributed by atoms with E-state index < -0.39 is 29.0 Å². The van der Waals surface area contributed by atoms with Gasteiger partial charge in [-0.15, -0.1) is 0 Å². The predicted octanol–water partition coefficient (Wildman–Crippen LogP) is 2.41. The minimum absolute atomic E-state index is 0.000940. The molecule has 90 valence electrons. The number of aliphatic carboxylic acids is 1. The zero-order valence-corrected chi connectivity index (χ0v) is 9.04. The summed E-state index contributed by atoms with van der Waals surface area (Å²) in [5.74, 6) is -3.72. The Morgan fingerprint density at radius 3 is 2.47 bits per heavy atom. The number of hydrogen-bond acceptors (Lipinski definition) is 2. The lowest BCUT2D eigenvalue weighted by Gasteiger charge is -2.01. The molecule has 0 aliphatic carbocycles. The number of carboxylic acid groups (broad SMARTS) is 1. The second kappa shape index (κ2) is 5.34. The van der Waals surface area contributed by atoms with Gasteiger partial charge in [0, 0.05) is 18.1 Å². The molecule has 0 saturated carbocycles. The van der Waals surface area contributed by atoms with E-state index >= 15 is 0 Å². The van der Waals surface area contributed by atoms with Gasteiger partial charge >= 0.3 is 5.97 Å². The summed E-state index contributed by atoms with van der Waals surface area (Å²) in [6.45, 7) is 1.50. The van der Waals surface area contributed by atoms with Crippen LogP contribution in [0.4, 0.5) is 8.78 Å². The number of halogens is 2. The van der Waals surface area contributed by atoms with Crippen LogP contribution in [-0.2, 0) is 9.59 Å². The first-order chi connectivity index (χ1) is 7.95. The van der Waals surface area contributed by atoms with Gasteiger partial charge < -0.3 is 5.11 Å². The van der Waals surface area contributed by atoms with Crippen LogP contribution in [0.25, 0.3) is 6.08 Å². The van der Waals surface area contributed by atoms with Gasteiger partial charge in [0.25, 0.3) is 0 Å². The number of hydrogen-bond donors (Lipinski definition) is 1. The molecular weight excluding hydrogens is 230 g/mol. The topological polar surface area (TPSA) is 54.4 Å². The SMILES string of the molecule is CCC(=O)C(=Cc1ccc(F)cc1F)C(=O)O. The highest BCUT2D eigenvalue weighted by atomic mass is 19.1. The van der Waals surface area contributed by atoms with Crippen molar-refractivity contribution < 1.29 is 23.5 Å². The van der Waals surface area contributed by atoms with Gasteiger partial charge in [0.05, 0.1) is 0 Å². The molecule has 0 radical (unpaired) electrons. The van der Waals surface area contributed by atoms with E-state index in [1.165, 1.54) is 6.92 Å². The van der Waals surface area contributed by atoms with Crippen LogP contribution >= 0.6 is 0 Å². The summed E-state index contributed by atoms with van der Waals surface area (Å²) in [6.07, 6.45) is 0.907. The molecule has 1 aromatic rings. The molecule has 0 atom stereocenters. The Morgan fingerprint density at radius 1 is 1.35 bits per heavy atom. The maximum Gasteiger partial charge on any atom is 0.339 e. The van der Waals surface area contributed by atoms with Crippen LogP contribution in [0.15, 0.2) is 23.8 Å². The van der Waals surface area contributed by atoms with Gasteiger partial charge in [0.2, 0.25) is 0 Å². The van der Waals surface area contributed by atoms with Gasteiger partial charge in [-0.05, 0) is 18.2 Å². The van der Waals surface area contributed by atoms with E-state index in [1.807, 2.05) is 0 Å². The number of benzene rings is 1. The van der Waals surface area contributed by atoms with E-state index in [4.69, 9.17) is 5.11 Å². The van der Waals surface area contributed by atoms with Crippen LogP contribution in [0, 0.1) is 11.6 Å². The molecule has 0 heterocycles. The number of carbonyl (C=O) groups excluding carboxylic acids is 1. The molecule has 0 unspecified atom stereocenters. The van der Waals surface area contributed by atoms with Gasteiger partial charge in [-0.2, -0.15) is 0 Å². The van der Waals surface area contributed by atoms with Crippen LogP contribution in [0.3, 0.4) is 0 Å². The molecule has 3 nitrogen and oxygen atoms in total. The van der Waals surface area contributed by atoms with Gasteiger partial charge in [0.15, 0.2) is 5.78 Å². The molecule has 0 spiro atoms. The summed E-state index contributed by atoms with van der Waals surface area (Å²) in [6, 6.07) is 2.70. The lowest BCUT2D eigenvalue weighted by Crippen LogP contribution is -2.11. The average Bonchev–Trinajstić information content (AvgIpc) is 2.26. The van der Waals surface area contributed by atoms with E-state index in [0.29, 0.717) is 6.07 Å². The van der Waals surface area contributed by atoms with Gasteiger partial charge in [-0.3, -0.25) is 4.79 Å². The van der Waals surface area contributed by atoms with Crippen molar-refractivity contribution in [3.8, 4) is 0 Å². The Bertz CT molecular complexity index is 493. The van der Waals surface area contributed by atoms with E-state index in [-0.39, 0.29) is 12.0 Å². The van der Waals surface area contributed by atoms with Crippen molar-refractivity contribution in [3.05, 3.63) is 41.0 Å². The number of rotatable bonds is 4. The highest BCUT2D eigenvalue weighted by molar-refractivity contribution is 6.19. The monoisotopic (exact) mass is 240 g/mol. The lowest BCUT2D eigenvalue weighted by atomic mass is 10.1. The van der Waals surface area contributed by atoms with E-state index in [1.54, 1.807) is 0 Å². The predicted molar refractivity (Wildman–Crippen MR) is 57.3 cm³/mol. The second-order valence-corrected chi connectivity index (χ2v) is 3.31. The largest absolute Gasteiger partial charge is 0.478 e. The molecule has 5 heteroatoms. The van der Waals surface area contributed by atoms with Crippen molar-refractivity contribution in [2.75, 3.05) is 0 Å². The smallest absolute Gasteiger partial charge is 0.339 e. The van der Waals surface area contributed by atoms with Crippen molar-refractivity contribution in [3.63, 3.8) is 0 Å². The molecule has 0 bridgehead atoms. The van der Waals surface area contributed by atoms with Crippen molar-refractivity contribution in [1.82, 2.24) is 0 Å². The Hall–Kier alpha value is -2.04. The lowest BCUT2D eigenvalue weighted by molar-refractivity contribution is -0.134. The summed E-state index contributed by atoms with van der Waals surface area (Å²) in [7, 11) is 0. The fraction of sp³-hybridized carbons (Fsp3) is 0.167. The zero-order chi connectivity index (χ0) is 13.0. The summed E-state index contributed by atoms with van der Waals surface area (Å²) >= 11 is 0. The minimum Gasteiger partial charge on any atom is -0.478 e. The second-order valence-electron chi connectivity index (χ2n) is 3.31. The molecule has 1 N–H and O–H groups in total. The Kier molecular flexibility index (Phi) is 4.09. The Labute approximate surface area is 96.4 Å². The number of ketones is 1. The molecule has 17 heavy (non-hydrogen) atoms. The first kappa shape index (κ1) is 13.0. The zero-order valence-electron chi connectivity index (χ0n) is 9.04. The van der Waals surface area contributed by atoms with E-state index in [9.17, 15) is 18.4 Å². The van der Waals surface area contributed by atoms with Crippen LogP contribution in [-0.4, -0.2) is 16.9 Å². The third-order valence-electron chi connectivity index (χ3n) is 2.11. The molecule has 1 aromatic carbocycles. The molecule has 0 fully saturated rings. The Morgan fingerprint density at radius 2 is 2.00 bits per heavy atom. The number of carboxylic acids is 1. The van der Waals surface area contributed by atoms with E-state index in [2.05, 4.69) is 0 Å². The molecule has 0 aliphatic rings. The maximum atomic E-state index is 13.3. The average molecular weight is 240 g/mol. The van der Waals surface area contributed by atoms with Crippen LogP contribution in [0.2, 0.25) is 0 Å². The summed E-state index contributed by atoms with van der Waals surface area (Å²) in [4.78, 5) is 22.1. The number of carbonyl (C=O) groups is 2. The molecule has 0 aromatic heterocycles. The Balaban J connectivity index is 3.22. The third-order valence-corrected chi connectivity index (χ3v) is 2.11. The van der Waals surface area contributed by atoms with Gasteiger partial charge in [0.1, 0.15) is 17.2 Å². The van der Waals surface area contributed by atoms with Crippen molar-refractivity contribution in [2.24, 2.45) is 0 Å². The normalized spacial score (nSPS) is 11.4. The number of Topliss-reactive ketones (excluding diaryl/α,β-unsaturated/α-hetero) is 1. The minimum atomic E-state index is -1.43. The summed E-state index contributed by atoms with van der Waals surface area (Å²) in [5.41, 5.74) is -0.649. The van der Waals surface area contributed by atoms with Crippen molar-refractivity contribution in [2.45, 2.75) is 13.3 Å². The summed E-state index contributed by atoms with van der Waals surface area (Å²) < 4.78 is 25.9. The van der Waals surface area contributed by atoms with Gasteiger partial charge in [-0.25, -0.2) is 13.6 Å². The van der Waals surface area contributed by atoms with Crippen molar-refractivity contribution >= 4 is 17.8 Å². The highest BCUT2D eigenvalue weighted by Crippen LogP contribution is 2.14. The molecular formula is C12H10F2O3. The highest BCUT2D eigenvalue weighted by Gasteiger charge is 2.16. The fourth-order valence-corrected chi connectivity index (χ4v) is 1.23. The first-order valence-corrected chi connectivity index (χ1v) is 4.89.